The Morgan fingerprint density at radius 1 is 0.944 bits per heavy atom. The van der Waals surface area contributed by atoms with Crippen LogP contribution < -0.4 is 10.4 Å². The van der Waals surface area contributed by atoms with Gasteiger partial charge in [-0.15, -0.1) is 0 Å². The molecule has 0 atom stereocenters. The Morgan fingerprint density at radius 3 is 1.89 bits per heavy atom. The summed E-state index contributed by atoms with van der Waals surface area (Å²) in [7, 11) is 0. The first kappa shape index (κ1) is 14.5. The van der Waals surface area contributed by atoms with Crippen LogP contribution in [0.5, 0.6) is 0 Å². The maximum Gasteiger partial charge on any atom is -0.0146 e. The summed E-state index contributed by atoms with van der Waals surface area (Å²) in [6.07, 6.45) is 5.65. The van der Waals surface area contributed by atoms with Crippen LogP contribution in [-0.4, -0.2) is 0 Å². The number of aryl methyl sites for hydroxylation is 2. The lowest BCUT2D eigenvalue weighted by Gasteiger charge is -2.09. The Balaban J connectivity index is 0.00000162. The molecule has 0 bridgehead atoms. The van der Waals surface area contributed by atoms with E-state index in [1.165, 1.54) is 32.3 Å². The Bertz CT molecular complexity index is 660. The molecule has 0 amide bonds. The summed E-state index contributed by atoms with van der Waals surface area (Å²) in [5.41, 5.74) is 2.80. The summed E-state index contributed by atoms with van der Waals surface area (Å²) in [4.78, 5) is 0. The first-order valence-electron chi connectivity index (χ1n) is 6.35. The highest BCUT2D eigenvalue weighted by molar-refractivity contribution is 5.89. The van der Waals surface area contributed by atoms with Gasteiger partial charge in [0.25, 0.3) is 0 Å². The smallest absolute Gasteiger partial charge is 0.0146 e. The molecule has 0 aliphatic carbocycles. The summed E-state index contributed by atoms with van der Waals surface area (Å²) < 4.78 is 0. The monoisotopic (exact) mass is 240 g/mol. The Kier molecular flexibility index (Phi) is 4.72. The highest BCUT2D eigenvalue weighted by atomic mass is 14.1. The van der Waals surface area contributed by atoms with E-state index in [9.17, 15) is 0 Å². The molecule has 0 aliphatic rings. The van der Waals surface area contributed by atoms with Crippen molar-refractivity contribution in [1.82, 2.24) is 0 Å². The Morgan fingerprint density at radius 2 is 1.44 bits per heavy atom. The number of hydrogen-bond donors (Lipinski definition) is 0. The maximum absolute atomic E-state index is 2.34. The summed E-state index contributed by atoms with van der Waals surface area (Å²) in [5.74, 6) is 0. The van der Waals surface area contributed by atoms with Crippen molar-refractivity contribution in [3.05, 3.63) is 45.8 Å². The SMILES string of the molecule is C.C/C=c1/c(C)c2ccccc2c(C)/c1=C/CC. The zero-order valence-corrected chi connectivity index (χ0v) is 11.2. The normalized spacial score (nSPS) is 12.9. The van der Waals surface area contributed by atoms with Crippen molar-refractivity contribution in [2.24, 2.45) is 0 Å². The van der Waals surface area contributed by atoms with Crippen LogP contribution in [0.25, 0.3) is 22.9 Å². The van der Waals surface area contributed by atoms with Gasteiger partial charge in [0.2, 0.25) is 0 Å². The number of benzene rings is 2. The van der Waals surface area contributed by atoms with Crippen molar-refractivity contribution in [3.63, 3.8) is 0 Å². The van der Waals surface area contributed by atoms with Crippen molar-refractivity contribution in [2.45, 2.75) is 41.5 Å². The lowest BCUT2D eigenvalue weighted by Crippen LogP contribution is -2.30. The van der Waals surface area contributed by atoms with Gasteiger partial charge in [-0.25, -0.2) is 0 Å². The van der Waals surface area contributed by atoms with E-state index >= 15 is 0 Å². The topological polar surface area (TPSA) is 0 Å². The second-order valence-electron chi connectivity index (χ2n) is 4.52. The van der Waals surface area contributed by atoms with Gasteiger partial charge in [0.1, 0.15) is 0 Å². The van der Waals surface area contributed by atoms with Crippen LogP contribution in [0.3, 0.4) is 0 Å². The van der Waals surface area contributed by atoms with Gasteiger partial charge in [0.05, 0.1) is 0 Å². The molecule has 0 aromatic heterocycles. The van der Waals surface area contributed by atoms with Crippen LogP contribution in [0.4, 0.5) is 0 Å². The fourth-order valence-corrected chi connectivity index (χ4v) is 2.67. The molecule has 0 unspecified atom stereocenters. The summed E-state index contributed by atoms with van der Waals surface area (Å²) in [5, 5.41) is 5.57. The minimum absolute atomic E-state index is 0. The van der Waals surface area contributed by atoms with Crippen molar-refractivity contribution in [2.75, 3.05) is 0 Å². The second-order valence-corrected chi connectivity index (χ2v) is 4.52. The van der Waals surface area contributed by atoms with Crippen molar-refractivity contribution in [1.29, 1.82) is 0 Å². The molecular formula is C18H24. The summed E-state index contributed by atoms with van der Waals surface area (Å²) in [6.45, 7) is 8.79. The summed E-state index contributed by atoms with van der Waals surface area (Å²) >= 11 is 0. The molecule has 96 valence electrons. The van der Waals surface area contributed by atoms with Gasteiger partial charge in [-0.3, -0.25) is 0 Å². The quantitative estimate of drug-likeness (QED) is 0.704. The number of rotatable bonds is 1. The minimum atomic E-state index is 0. The third-order valence-corrected chi connectivity index (χ3v) is 3.53. The zero-order chi connectivity index (χ0) is 12.4. The van der Waals surface area contributed by atoms with E-state index in [2.05, 4.69) is 64.1 Å². The molecule has 0 nitrogen and oxygen atoms in total. The van der Waals surface area contributed by atoms with Gasteiger partial charge in [-0.1, -0.05) is 50.8 Å². The first-order chi connectivity index (χ1) is 8.20. The molecule has 0 heterocycles. The van der Waals surface area contributed by atoms with Gasteiger partial charge in [-0.05, 0) is 59.5 Å². The first-order valence-corrected chi connectivity index (χ1v) is 6.35. The highest BCUT2D eigenvalue weighted by Crippen LogP contribution is 2.16. The molecule has 0 fully saturated rings. The van der Waals surface area contributed by atoms with Gasteiger partial charge >= 0.3 is 0 Å². The van der Waals surface area contributed by atoms with Crippen molar-refractivity contribution >= 4 is 22.9 Å². The van der Waals surface area contributed by atoms with E-state index in [0.717, 1.165) is 6.42 Å². The average molecular weight is 240 g/mol. The molecule has 0 N–H and O–H groups in total. The number of fused-ring (bicyclic) bond motifs is 1. The van der Waals surface area contributed by atoms with E-state index in [0.29, 0.717) is 0 Å². The van der Waals surface area contributed by atoms with Gasteiger partial charge in [0, 0.05) is 0 Å². The standard InChI is InChI=1S/C17H20.CH4/c1-5-9-15-13(4)17-11-8-7-10-16(17)12(3)14(15)6-2;/h6-11H,5H2,1-4H3;1H4/b14-6-,15-9-;. The second kappa shape index (κ2) is 5.86. The van der Waals surface area contributed by atoms with E-state index < -0.39 is 0 Å². The molecule has 0 saturated heterocycles. The van der Waals surface area contributed by atoms with E-state index in [-0.39, 0.29) is 7.43 Å². The lowest BCUT2D eigenvalue weighted by molar-refractivity contribution is 1.26. The van der Waals surface area contributed by atoms with Crippen LogP contribution >= 0.6 is 0 Å². The summed E-state index contributed by atoms with van der Waals surface area (Å²) in [6, 6.07) is 8.70. The fraction of sp³-hybridized carbons (Fsp3) is 0.333. The van der Waals surface area contributed by atoms with Crippen molar-refractivity contribution in [3.8, 4) is 0 Å². The third kappa shape index (κ3) is 2.20. The minimum Gasteiger partial charge on any atom is -0.0795 e. The van der Waals surface area contributed by atoms with Crippen LogP contribution in [0, 0.1) is 13.8 Å². The Hall–Kier alpha value is -1.56. The fourth-order valence-electron chi connectivity index (χ4n) is 2.67. The van der Waals surface area contributed by atoms with E-state index in [4.69, 9.17) is 0 Å². The van der Waals surface area contributed by atoms with Gasteiger partial charge in [-0.2, -0.15) is 0 Å². The molecule has 0 heteroatoms. The zero-order valence-electron chi connectivity index (χ0n) is 11.2. The molecule has 2 aromatic rings. The number of hydrogen-bond acceptors (Lipinski definition) is 0. The molecule has 2 rings (SSSR count). The predicted octanol–water partition coefficient (Wildman–Crippen LogP) is 4.08. The van der Waals surface area contributed by atoms with Crippen molar-refractivity contribution < 1.29 is 0 Å². The predicted molar refractivity (Wildman–Crippen MR) is 84.3 cm³/mol. The maximum atomic E-state index is 2.34. The van der Waals surface area contributed by atoms with Gasteiger partial charge < -0.3 is 0 Å². The van der Waals surface area contributed by atoms with Crippen LogP contribution in [0.2, 0.25) is 0 Å². The van der Waals surface area contributed by atoms with Crippen LogP contribution in [0.1, 0.15) is 38.8 Å². The molecule has 0 radical (unpaired) electrons. The molecule has 2 aromatic carbocycles. The van der Waals surface area contributed by atoms with E-state index in [1.54, 1.807) is 0 Å². The Labute approximate surface area is 111 Å². The average Bonchev–Trinajstić information content (AvgIpc) is 2.36. The molecule has 18 heavy (non-hydrogen) atoms. The highest BCUT2D eigenvalue weighted by Gasteiger charge is 2.04. The van der Waals surface area contributed by atoms with E-state index in [1.807, 2.05) is 0 Å². The van der Waals surface area contributed by atoms with Crippen LogP contribution in [-0.2, 0) is 0 Å². The lowest BCUT2D eigenvalue weighted by atomic mass is 9.96. The molecule has 0 saturated carbocycles. The van der Waals surface area contributed by atoms with Crippen LogP contribution in [0.15, 0.2) is 24.3 Å². The molecule has 0 aliphatic heterocycles. The largest absolute Gasteiger partial charge is 0.0795 e. The molecule has 0 spiro atoms. The van der Waals surface area contributed by atoms with Gasteiger partial charge in [0.15, 0.2) is 0 Å². The molecular weight excluding hydrogens is 216 g/mol. The third-order valence-electron chi connectivity index (χ3n) is 3.53.